The molecule has 2 aromatic heterocycles. The van der Waals surface area contributed by atoms with Crippen LogP contribution in [0.25, 0.3) is 5.78 Å². The Morgan fingerprint density at radius 3 is 2.92 bits per heavy atom. The minimum Gasteiger partial charge on any atom is -0.334 e. The van der Waals surface area contributed by atoms with Crippen molar-refractivity contribution < 1.29 is 4.79 Å². The largest absolute Gasteiger partial charge is 0.334 e. The van der Waals surface area contributed by atoms with Gasteiger partial charge < -0.3 is 4.90 Å². The Balaban J connectivity index is 1.44. The van der Waals surface area contributed by atoms with Crippen molar-refractivity contribution in [1.82, 2.24) is 29.4 Å². The van der Waals surface area contributed by atoms with Crippen LogP contribution in [0.15, 0.2) is 48.8 Å². The van der Waals surface area contributed by atoms with Crippen molar-refractivity contribution in [3.63, 3.8) is 0 Å². The smallest absolute Gasteiger partial charge is 0.293 e. The van der Waals surface area contributed by atoms with Gasteiger partial charge in [-0.05, 0) is 31.5 Å². The lowest BCUT2D eigenvalue weighted by Crippen LogP contribution is -2.48. The Hall–Kier alpha value is -2.80. The second-order valence-electron chi connectivity index (χ2n) is 6.75. The molecule has 1 aliphatic rings. The number of likely N-dealkylation sites (tertiary alicyclic amines) is 1. The van der Waals surface area contributed by atoms with Crippen LogP contribution in [0.5, 0.6) is 0 Å². The molecule has 1 fully saturated rings. The monoisotopic (exact) mass is 350 g/mol. The molecule has 7 nitrogen and oxygen atoms in total. The average Bonchev–Trinajstić information content (AvgIpc) is 3.12. The number of rotatable bonds is 4. The van der Waals surface area contributed by atoms with Crippen molar-refractivity contribution in [2.45, 2.75) is 25.4 Å². The topological polar surface area (TPSA) is 66.6 Å². The summed E-state index contributed by atoms with van der Waals surface area (Å²) in [6.07, 6.45) is 5.47. The van der Waals surface area contributed by atoms with Crippen LogP contribution < -0.4 is 0 Å². The molecular weight excluding hydrogens is 328 g/mol. The van der Waals surface area contributed by atoms with E-state index in [2.05, 4.69) is 51.3 Å². The van der Waals surface area contributed by atoms with E-state index in [0.29, 0.717) is 18.4 Å². The SMILES string of the molecule is CN(Cc1ccccc1)C1CCCN(C(=O)c2nc3ncccn3n2)C1. The van der Waals surface area contributed by atoms with Crippen molar-refractivity contribution in [1.29, 1.82) is 0 Å². The van der Waals surface area contributed by atoms with Crippen molar-refractivity contribution in [2.75, 3.05) is 20.1 Å². The summed E-state index contributed by atoms with van der Waals surface area (Å²) < 4.78 is 1.54. The molecule has 0 aliphatic carbocycles. The first-order valence-electron chi connectivity index (χ1n) is 8.91. The maximum atomic E-state index is 12.8. The molecule has 0 radical (unpaired) electrons. The highest BCUT2D eigenvalue weighted by molar-refractivity contribution is 5.91. The van der Waals surface area contributed by atoms with E-state index in [4.69, 9.17) is 0 Å². The molecule has 26 heavy (non-hydrogen) atoms. The summed E-state index contributed by atoms with van der Waals surface area (Å²) in [5.41, 5.74) is 1.28. The van der Waals surface area contributed by atoms with E-state index in [1.807, 2.05) is 11.0 Å². The fourth-order valence-electron chi connectivity index (χ4n) is 3.46. The fourth-order valence-corrected chi connectivity index (χ4v) is 3.46. The van der Waals surface area contributed by atoms with Crippen molar-refractivity contribution in [3.8, 4) is 0 Å². The molecule has 1 amide bonds. The van der Waals surface area contributed by atoms with Gasteiger partial charge in [-0.2, -0.15) is 4.98 Å². The Morgan fingerprint density at radius 1 is 1.27 bits per heavy atom. The number of hydrogen-bond acceptors (Lipinski definition) is 5. The minimum absolute atomic E-state index is 0.117. The number of likely N-dealkylation sites (N-methyl/N-ethyl adjacent to an activating group) is 1. The Labute approximate surface area is 152 Å². The Kier molecular flexibility index (Phi) is 4.62. The molecule has 1 atom stereocenters. The van der Waals surface area contributed by atoms with E-state index in [1.165, 1.54) is 10.1 Å². The van der Waals surface area contributed by atoms with Crippen LogP contribution in [-0.2, 0) is 6.54 Å². The minimum atomic E-state index is -0.117. The van der Waals surface area contributed by atoms with Crippen molar-refractivity contribution in [3.05, 3.63) is 60.2 Å². The number of hydrogen-bond donors (Lipinski definition) is 0. The third kappa shape index (κ3) is 3.43. The summed E-state index contributed by atoms with van der Waals surface area (Å²) in [6.45, 7) is 2.33. The lowest BCUT2D eigenvalue weighted by Gasteiger charge is -2.37. The predicted molar refractivity (Wildman–Crippen MR) is 97.6 cm³/mol. The molecule has 1 aliphatic heterocycles. The third-order valence-electron chi connectivity index (χ3n) is 4.89. The molecule has 3 aromatic rings. The quantitative estimate of drug-likeness (QED) is 0.718. The van der Waals surface area contributed by atoms with Gasteiger partial charge in [-0.3, -0.25) is 9.69 Å². The van der Waals surface area contributed by atoms with E-state index in [0.717, 1.165) is 25.9 Å². The number of amides is 1. The molecule has 1 saturated heterocycles. The van der Waals surface area contributed by atoms with Crippen molar-refractivity contribution >= 4 is 11.7 Å². The highest BCUT2D eigenvalue weighted by atomic mass is 16.2. The van der Waals surface area contributed by atoms with E-state index in [-0.39, 0.29) is 11.7 Å². The fraction of sp³-hybridized carbons (Fsp3) is 0.368. The Bertz CT molecular complexity index is 860. The molecule has 7 heteroatoms. The normalized spacial score (nSPS) is 17.8. The number of piperidine rings is 1. The Morgan fingerprint density at radius 2 is 2.12 bits per heavy atom. The highest BCUT2D eigenvalue weighted by Gasteiger charge is 2.29. The van der Waals surface area contributed by atoms with Crippen LogP contribution in [0, 0.1) is 0 Å². The van der Waals surface area contributed by atoms with Crippen LogP contribution in [0.3, 0.4) is 0 Å². The number of aromatic nitrogens is 4. The van der Waals surface area contributed by atoms with Gasteiger partial charge in [0.05, 0.1) is 0 Å². The van der Waals surface area contributed by atoms with E-state index >= 15 is 0 Å². The van der Waals surface area contributed by atoms with E-state index < -0.39 is 0 Å². The number of nitrogens with zero attached hydrogens (tertiary/aromatic N) is 6. The summed E-state index contributed by atoms with van der Waals surface area (Å²) >= 11 is 0. The van der Waals surface area contributed by atoms with E-state index in [9.17, 15) is 4.79 Å². The first-order chi connectivity index (χ1) is 12.7. The standard InChI is InChI=1S/C19H22N6O/c1-23(13-15-7-3-2-4-8-15)16-9-5-11-24(14-16)18(26)17-21-19-20-10-6-12-25(19)22-17/h2-4,6-8,10,12,16H,5,9,11,13-14H2,1H3. The van der Waals surface area contributed by atoms with Crippen LogP contribution >= 0.6 is 0 Å². The van der Waals surface area contributed by atoms with Crippen LogP contribution in [0.4, 0.5) is 0 Å². The molecule has 134 valence electrons. The van der Waals surface area contributed by atoms with Gasteiger partial charge in [0.25, 0.3) is 11.7 Å². The van der Waals surface area contributed by atoms with Gasteiger partial charge >= 0.3 is 0 Å². The van der Waals surface area contributed by atoms with Crippen molar-refractivity contribution in [2.24, 2.45) is 0 Å². The zero-order valence-corrected chi connectivity index (χ0v) is 14.8. The summed E-state index contributed by atoms with van der Waals surface area (Å²) in [4.78, 5) is 25.4. The van der Waals surface area contributed by atoms with Crippen LogP contribution in [0.2, 0.25) is 0 Å². The lowest BCUT2D eigenvalue weighted by molar-refractivity contribution is 0.0591. The first kappa shape index (κ1) is 16.7. The maximum absolute atomic E-state index is 12.8. The predicted octanol–water partition coefficient (Wildman–Crippen LogP) is 1.86. The zero-order valence-electron chi connectivity index (χ0n) is 14.8. The maximum Gasteiger partial charge on any atom is 0.293 e. The number of carbonyl (C=O) groups is 1. The molecule has 0 N–H and O–H groups in total. The molecular formula is C19H22N6O. The van der Waals surface area contributed by atoms with Gasteiger partial charge in [-0.15, -0.1) is 5.10 Å². The van der Waals surface area contributed by atoms with Gasteiger partial charge in [-0.25, -0.2) is 9.50 Å². The second-order valence-corrected chi connectivity index (χ2v) is 6.75. The van der Waals surface area contributed by atoms with Gasteiger partial charge in [0.15, 0.2) is 0 Å². The highest BCUT2D eigenvalue weighted by Crippen LogP contribution is 2.18. The third-order valence-corrected chi connectivity index (χ3v) is 4.89. The molecule has 0 bridgehead atoms. The molecule has 3 heterocycles. The average molecular weight is 350 g/mol. The molecule has 1 unspecified atom stereocenters. The van der Waals surface area contributed by atoms with Gasteiger partial charge in [0.2, 0.25) is 5.82 Å². The van der Waals surface area contributed by atoms with Gasteiger partial charge in [0.1, 0.15) is 0 Å². The lowest BCUT2D eigenvalue weighted by atomic mass is 10.0. The van der Waals surface area contributed by atoms with E-state index in [1.54, 1.807) is 18.5 Å². The van der Waals surface area contributed by atoms with Gasteiger partial charge in [0, 0.05) is 38.1 Å². The van der Waals surface area contributed by atoms with Crippen LogP contribution in [-0.4, -0.2) is 61.5 Å². The number of carbonyl (C=O) groups excluding carboxylic acids is 1. The first-order valence-corrected chi connectivity index (χ1v) is 8.91. The molecule has 1 aromatic carbocycles. The second kappa shape index (κ2) is 7.21. The molecule has 0 spiro atoms. The summed E-state index contributed by atoms with van der Waals surface area (Å²) in [7, 11) is 2.12. The number of fused-ring (bicyclic) bond motifs is 1. The molecule has 4 rings (SSSR count). The zero-order chi connectivity index (χ0) is 17.9. The van der Waals surface area contributed by atoms with Crippen LogP contribution in [0.1, 0.15) is 29.0 Å². The van der Waals surface area contributed by atoms with Gasteiger partial charge in [-0.1, -0.05) is 30.3 Å². The summed E-state index contributed by atoms with van der Waals surface area (Å²) in [6, 6.07) is 12.5. The molecule has 0 saturated carbocycles. The summed E-state index contributed by atoms with van der Waals surface area (Å²) in [5.74, 6) is 0.550. The summed E-state index contributed by atoms with van der Waals surface area (Å²) in [5, 5.41) is 4.26. The number of benzene rings is 1.